The zero-order chi connectivity index (χ0) is 15.2. The highest BCUT2D eigenvalue weighted by Gasteiger charge is 2.30. The largest absolute Gasteiger partial charge is 0.341 e. The number of hydrogen-bond donors (Lipinski definition) is 2. The van der Waals surface area contributed by atoms with E-state index in [1.54, 1.807) is 0 Å². The van der Waals surface area contributed by atoms with Crippen LogP contribution in [0.2, 0.25) is 0 Å². The Bertz CT molecular complexity index is 484. The van der Waals surface area contributed by atoms with Crippen molar-refractivity contribution in [2.45, 2.75) is 6.04 Å². The molecule has 6 heteroatoms. The number of nitrogens with one attached hydrogen (secondary N) is 2. The van der Waals surface area contributed by atoms with E-state index in [1.807, 2.05) is 30.3 Å². The van der Waals surface area contributed by atoms with Gasteiger partial charge in [0.25, 0.3) is 0 Å². The van der Waals surface area contributed by atoms with Gasteiger partial charge in [0.2, 0.25) is 5.91 Å². The molecule has 2 N–H and O–H groups in total. The topological polar surface area (TPSA) is 64.7 Å². The molecule has 6 nitrogen and oxygen atoms in total. The minimum absolute atomic E-state index is 0.287. The molecule has 0 aliphatic carbocycles. The molecular formula is C15H22N4O2. The van der Waals surface area contributed by atoms with E-state index in [0.29, 0.717) is 0 Å². The first-order valence-corrected chi connectivity index (χ1v) is 7.12. The van der Waals surface area contributed by atoms with Crippen LogP contribution in [-0.2, 0) is 4.79 Å². The lowest BCUT2D eigenvalue weighted by Crippen LogP contribution is -2.51. The van der Waals surface area contributed by atoms with E-state index in [0.717, 1.165) is 31.7 Å². The van der Waals surface area contributed by atoms with Gasteiger partial charge in [-0.2, -0.15) is 0 Å². The van der Waals surface area contributed by atoms with Crippen molar-refractivity contribution in [3.63, 3.8) is 0 Å². The summed E-state index contributed by atoms with van der Waals surface area (Å²) in [5, 5.41) is 4.81. The molecule has 1 aliphatic heterocycles. The second-order valence-electron chi connectivity index (χ2n) is 5.22. The highest BCUT2D eigenvalue weighted by molar-refractivity contribution is 5.97. The van der Waals surface area contributed by atoms with Crippen molar-refractivity contribution in [1.29, 1.82) is 0 Å². The Labute approximate surface area is 125 Å². The molecule has 1 saturated heterocycles. The third-order valence-electron chi connectivity index (χ3n) is 3.73. The molecule has 1 heterocycles. The minimum Gasteiger partial charge on any atom is -0.341 e. The maximum absolute atomic E-state index is 12.5. The summed E-state index contributed by atoms with van der Waals surface area (Å²) < 4.78 is 0. The third kappa shape index (κ3) is 4.03. The zero-order valence-electron chi connectivity index (χ0n) is 12.5. The molecule has 0 saturated carbocycles. The number of imide groups is 1. The summed E-state index contributed by atoms with van der Waals surface area (Å²) in [5.74, 6) is -0.287. The van der Waals surface area contributed by atoms with E-state index in [1.165, 1.54) is 7.05 Å². The quantitative estimate of drug-likeness (QED) is 0.847. The molecule has 1 aromatic carbocycles. The van der Waals surface area contributed by atoms with Gasteiger partial charge in [0, 0.05) is 33.2 Å². The Morgan fingerprint density at radius 1 is 1.10 bits per heavy atom. The van der Waals surface area contributed by atoms with Crippen molar-refractivity contribution in [2.75, 3.05) is 40.3 Å². The molecule has 1 fully saturated rings. The predicted molar refractivity (Wildman–Crippen MR) is 80.9 cm³/mol. The van der Waals surface area contributed by atoms with Crippen LogP contribution in [0.4, 0.5) is 4.79 Å². The third-order valence-corrected chi connectivity index (χ3v) is 3.73. The van der Waals surface area contributed by atoms with E-state index in [9.17, 15) is 9.59 Å². The number of likely N-dealkylation sites (N-methyl/N-ethyl adjacent to an activating group) is 1. The number of urea groups is 1. The number of benzene rings is 1. The van der Waals surface area contributed by atoms with Crippen LogP contribution in [0.1, 0.15) is 11.6 Å². The monoisotopic (exact) mass is 290 g/mol. The van der Waals surface area contributed by atoms with Gasteiger partial charge in [-0.05, 0) is 12.6 Å². The van der Waals surface area contributed by atoms with Gasteiger partial charge in [-0.3, -0.25) is 15.0 Å². The Morgan fingerprint density at radius 3 is 2.29 bits per heavy atom. The number of amides is 3. The zero-order valence-corrected chi connectivity index (χ0v) is 12.5. The van der Waals surface area contributed by atoms with Gasteiger partial charge in [-0.15, -0.1) is 0 Å². The summed E-state index contributed by atoms with van der Waals surface area (Å²) >= 11 is 0. The summed E-state index contributed by atoms with van der Waals surface area (Å²) in [7, 11) is 3.56. The summed E-state index contributed by atoms with van der Waals surface area (Å²) in [4.78, 5) is 28.2. The molecule has 0 bridgehead atoms. The lowest BCUT2D eigenvalue weighted by Gasteiger charge is -2.37. The van der Waals surface area contributed by atoms with Crippen LogP contribution in [0.3, 0.4) is 0 Å². The molecule has 1 aromatic rings. The minimum atomic E-state index is -0.477. The standard InChI is InChI=1S/C15H22N4O2/c1-16-15(21)17-14(20)13(12-6-4-3-5-7-12)19-10-8-18(2)9-11-19/h3-7,13H,8-11H2,1-2H3,(H2,16,17,20,21)/t13-/m1/s1. The molecule has 3 amide bonds. The first-order valence-electron chi connectivity index (χ1n) is 7.12. The fraction of sp³-hybridized carbons (Fsp3) is 0.467. The van der Waals surface area contributed by atoms with E-state index in [2.05, 4.69) is 27.5 Å². The summed E-state index contributed by atoms with van der Waals surface area (Å²) in [6.45, 7) is 3.43. The first kappa shape index (κ1) is 15.5. The number of nitrogens with zero attached hydrogens (tertiary/aromatic N) is 2. The highest BCUT2D eigenvalue weighted by Crippen LogP contribution is 2.22. The maximum atomic E-state index is 12.5. The molecule has 0 aromatic heterocycles. The molecule has 0 radical (unpaired) electrons. The fourth-order valence-corrected chi connectivity index (χ4v) is 2.49. The Morgan fingerprint density at radius 2 is 1.71 bits per heavy atom. The highest BCUT2D eigenvalue weighted by atomic mass is 16.2. The summed E-state index contributed by atoms with van der Waals surface area (Å²) in [6.07, 6.45) is 0. The van der Waals surface area contributed by atoms with Crippen LogP contribution in [0.25, 0.3) is 0 Å². The average molecular weight is 290 g/mol. The van der Waals surface area contributed by atoms with Crippen LogP contribution in [0.5, 0.6) is 0 Å². The van der Waals surface area contributed by atoms with Gasteiger partial charge in [0.05, 0.1) is 0 Å². The van der Waals surface area contributed by atoms with Crippen molar-refractivity contribution < 1.29 is 9.59 Å². The van der Waals surface area contributed by atoms with Crippen molar-refractivity contribution in [3.05, 3.63) is 35.9 Å². The van der Waals surface area contributed by atoms with Crippen LogP contribution in [0.15, 0.2) is 30.3 Å². The summed E-state index contributed by atoms with van der Waals surface area (Å²) in [5.41, 5.74) is 0.906. The normalized spacial score (nSPS) is 18.0. The summed E-state index contributed by atoms with van der Waals surface area (Å²) in [6, 6.07) is 8.67. The number of rotatable bonds is 3. The van der Waals surface area contributed by atoms with Crippen LogP contribution in [-0.4, -0.2) is 62.0 Å². The predicted octanol–water partition coefficient (Wildman–Crippen LogP) is 0.431. The number of piperazine rings is 1. The lowest BCUT2D eigenvalue weighted by molar-refractivity contribution is -0.126. The van der Waals surface area contributed by atoms with E-state index < -0.39 is 12.1 Å². The van der Waals surface area contributed by atoms with Gasteiger partial charge in [0.15, 0.2) is 0 Å². The van der Waals surface area contributed by atoms with Crippen molar-refractivity contribution in [2.24, 2.45) is 0 Å². The van der Waals surface area contributed by atoms with Gasteiger partial charge in [-0.25, -0.2) is 4.79 Å². The SMILES string of the molecule is CNC(=O)NC(=O)[C@@H](c1ccccc1)N1CCN(C)CC1. The number of carbonyl (C=O) groups is 2. The van der Waals surface area contributed by atoms with Crippen LogP contribution >= 0.6 is 0 Å². The smallest absolute Gasteiger partial charge is 0.321 e. The molecule has 0 unspecified atom stereocenters. The second-order valence-corrected chi connectivity index (χ2v) is 5.22. The van der Waals surface area contributed by atoms with Gasteiger partial charge in [0.1, 0.15) is 6.04 Å². The molecule has 1 atom stereocenters. The Balaban J connectivity index is 2.18. The first-order chi connectivity index (χ1) is 10.1. The Hall–Kier alpha value is -1.92. The number of carbonyl (C=O) groups excluding carboxylic acids is 2. The average Bonchev–Trinajstić information content (AvgIpc) is 2.50. The van der Waals surface area contributed by atoms with Gasteiger partial charge in [-0.1, -0.05) is 30.3 Å². The number of hydrogen-bond acceptors (Lipinski definition) is 4. The van der Waals surface area contributed by atoms with Crippen LogP contribution < -0.4 is 10.6 Å². The molecular weight excluding hydrogens is 268 g/mol. The van der Waals surface area contributed by atoms with E-state index in [4.69, 9.17) is 0 Å². The van der Waals surface area contributed by atoms with Crippen molar-refractivity contribution in [3.8, 4) is 0 Å². The molecule has 114 valence electrons. The van der Waals surface area contributed by atoms with Gasteiger partial charge < -0.3 is 10.2 Å². The van der Waals surface area contributed by atoms with Gasteiger partial charge >= 0.3 is 6.03 Å². The molecule has 1 aliphatic rings. The molecule has 0 spiro atoms. The van der Waals surface area contributed by atoms with E-state index in [-0.39, 0.29) is 5.91 Å². The van der Waals surface area contributed by atoms with Crippen LogP contribution in [0, 0.1) is 0 Å². The van der Waals surface area contributed by atoms with E-state index >= 15 is 0 Å². The lowest BCUT2D eigenvalue weighted by atomic mass is 10.0. The van der Waals surface area contributed by atoms with Crippen molar-refractivity contribution >= 4 is 11.9 Å². The maximum Gasteiger partial charge on any atom is 0.321 e. The molecule has 2 rings (SSSR count). The second kappa shape index (κ2) is 7.19. The fourth-order valence-electron chi connectivity index (χ4n) is 2.49. The molecule has 21 heavy (non-hydrogen) atoms. The Kier molecular flexibility index (Phi) is 5.30. The van der Waals surface area contributed by atoms with Crippen molar-refractivity contribution in [1.82, 2.24) is 20.4 Å².